The number of carboxylic acid groups (broad SMARTS) is 1. The standard InChI is InChI=1S/C26H22N2O7/c1-32-18-9-6-16-12-20(24(29)28-21-11-10-19(33-2)14-23(21)34-3)25(35-22(16)13-18)27-17-7-4-15(5-8-17)26(30)31/h4-14H,1-3H3,(H,28,29)(H,30,31). The summed E-state index contributed by atoms with van der Waals surface area (Å²) in [5.74, 6) is 0.0551. The molecule has 0 bridgehead atoms. The summed E-state index contributed by atoms with van der Waals surface area (Å²) in [6.07, 6.45) is 0. The predicted octanol–water partition coefficient (Wildman–Crippen LogP) is 4.64. The second kappa shape index (κ2) is 10.0. The number of aromatic carboxylic acids is 1. The van der Waals surface area contributed by atoms with Gasteiger partial charge in [-0.1, -0.05) is 0 Å². The van der Waals surface area contributed by atoms with Gasteiger partial charge in [-0.05, 0) is 54.6 Å². The van der Waals surface area contributed by atoms with Crippen LogP contribution in [-0.4, -0.2) is 38.3 Å². The largest absolute Gasteiger partial charge is 0.497 e. The Morgan fingerprint density at radius 1 is 0.857 bits per heavy atom. The van der Waals surface area contributed by atoms with Gasteiger partial charge in [-0.25, -0.2) is 9.79 Å². The van der Waals surface area contributed by atoms with E-state index in [0.29, 0.717) is 39.6 Å². The highest BCUT2D eigenvalue weighted by molar-refractivity contribution is 6.06. The molecule has 3 aromatic carbocycles. The lowest BCUT2D eigenvalue weighted by Crippen LogP contribution is -2.22. The highest BCUT2D eigenvalue weighted by Crippen LogP contribution is 2.29. The SMILES string of the molecule is COc1ccc(NC(=O)c2cc3ccc(OC)cc3oc2=Nc2ccc(C(=O)O)cc2)c(OC)c1. The molecule has 0 aliphatic heterocycles. The van der Waals surface area contributed by atoms with Crippen LogP contribution in [0.1, 0.15) is 20.7 Å². The highest BCUT2D eigenvalue weighted by atomic mass is 16.5. The second-order valence-corrected chi connectivity index (χ2v) is 7.35. The number of hydrogen-bond acceptors (Lipinski definition) is 7. The molecule has 0 saturated carbocycles. The normalized spacial score (nSPS) is 11.2. The van der Waals surface area contributed by atoms with Crippen molar-refractivity contribution in [2.45, 2.75) is 0 Å². The molecule has 4 aromatic rings. The van der Waals surface area contributed by atoms with Crippen LogP contribution in [-0.2, 0) is 0 Å². The van der Waals surface area contributed by atoms with E-state index in [0.717, 1.165) is 0 Å². The van der Waals surface area contributed by atoms with Crippen LogP contribution >= 0.6 is 0 Å². The van der Waals surface area contributed by atoms with Gasteiger partial charge in [-0.2, -0.15) is 0 Å². The number of fused-ring (bicyclic) bond motifs is 1. The van der Waals surface area contributed by atoms with Gasteiger partial charge in [-0.15, -0.1) is 0 Å². The lowest BCUT2D eigenvalue weighted by molar-refractivity contribution is 0.0696. The Labute approximate surface area is 200 Å². The molecule has 4 rings (SSSR count). The first-order chi connectivity index (χ1) is 16.9. The van der Waals surface area contributed by atoms with Gasteiger partial charge in [-0.3, -0.25) is 4.79 Å². The van der Waals surface area contributed by atoms with Gasteiger partial charge in [0.05, 0.1) is 38.3 Å². The van der Waals surface area contributed by atoms with Crippen LogP contribution in [0.2, 0.25) is 0 Å². The van der Waals surface area contributed by atoms with E-state index in [-0.39, 0.29) is 16.7 Å². The molecule has 2 N–H and O–H groups in total. The molecule has 0 saturated heterocycles. The van der Waals surface area contributed by atoms with Crippen molar-refractivity contribution in [2.24, 2.45) is 4.99 Å². The first-order valence-electron chi connectivity index (χ1n) is 10.4. The Balaban J connectivity index is 1.82. The molecule has 0 unspecified atom stereocenters. The van der Waals surface area contributed by atoms with E-state index in [4.69, 9.17) is 23.7 Å². The van der Waals surface area contributed by atoms with E-state index in [1.54, 1.807) is 49.6 Å². The number of rotatable bonds is 7. The van der Waals surface area contributed by atoms with Gasteiger partial charge in [0.25, 0.3) is 5.91 Å². The molecule has 0 fully saturated rings. The number of benzene rings is 3. The quantitative estimate of drug-likeness (QED) is 0.400. The number of anilines is 1. The summed E-state index contributed by atoms with van der Waals surface area (Å²) < 4.78 is 21.8. The van der Waals surface area contributed by atoms with Gasteiger partial charge in [0.2, 0.25) is 5.55 Å². The number of carboxylic acids is 1. The minimum absolute atomic E-state index is 0.0406. The van der Waals surface area contributed by atoms with Crippen LogP contribution in [0, 0.1) is 0 Å². The van der Waals surface area contributed by atoms with Crippen LogP contribution in [0.25, 0.3) is 11.0 Å². The van der Waals surface area contributed by atoms with Crippen LogP contribution in [0.3, 0.4) is 0 Å². The van der Waals surface area contributed by atoms with Crippen molar-refractivity contribution < 1.29 is 33.3 Å². The summed E-state index contributed by atoms with van der Waals surface area (Å²) in [6, 6.07) is 17.8. The maximum absolute atomic E-state index is 13.3. The Bertz CT molecular complexity index is 1470. The zero-order valence-electron chi connectivity index (χ0n) is 19.2. The minimum Gasteiger partial charge on any atom is -0.497 e. The molecule has 0 atom stereocenters. The summed E-state index contributed by atoms with van der Waals surface area (Å²) >= 11 is 0. The third kappa shape index (κ3) is 5.09. The third-order valence-electron chi connectivity index (χ3n) is 5.20. The van der Waals surface area contributed by atoms with Crippen molar-refractivity contribution in [2.75, 3.05) is 26.6 Å². The Kier molecular flexibility index (Phi) is 6.68. The van der Waals surface area contributed by atoms with E-state index in [1.807, 2.05) is 0 Å². The van der Waals surface area contributed by atoms with Crippen LogP contribution in [0.4, 0.5) is 11.4 Å². The molecule has 1 aromatic heterocycles. The number of carbonyl (C=O) groups excluding carboxylic acids is 1. The summed E-state index contributed by atoms with van der Waals surface area (Å²) in [4.78, 5) is 29.0. The molecule has 1 heterocycles. The van der Waals surface area contributed by atoms with E-state index >= 15 is 0 Å². The summed E-state index contributed by atoms with van der Waals surface area (Å²) in [6.45, 7) is 0. The van der Waals surface area contributed by atoms with Crippen molar-refractivity contribution in [3.8, 4) is 17.2 Å². The summed E-state index contributed by atoms with van der Waals surface area (Å²) in [7, 11) is 4.57. The monoisotopic (exact) mass is 474 g/mol. The molecule has 0 radical (unpaired) electrons. The molecule has 9 heteroatoms. The number of carbonyl (C=O) groups is 2. The molecule has 0 aliphatic carbocycles. The Morgan fingerprint density at radius 3 is 2.20 bits per heavy atom. The molecular weight excluding hydrogens is 452 g/mol. The molecule has 178 valence electrons. The average molecular weight is 474 g/mol. The Morgan fingerprint density at radius 2 is 1.54 bits per heavy atom. The third-order valence-corrected chi connectivity index (χ3v) is 5.20. The first kappa shape index (κ1) is 23.4. The maximum atomic E-state index is 13.3. The highest BCUT2D eigenvalue weighted by Gasteiger charge is 2.16. The van der Waals surface area contributed by atoms with Crippen LogP contribution in [0.15, 0.2) is 76.1 Å². The van der Waals surface area contributed by atoms with E-state index in [9.17, 15) is 9.59 Å². The van der Waals surface area contributed by atoms with Gasteiger partial charge in [0.1, 0.15) is 28.4 Å². The van der Waals surface area contributed by atoms with E-state index in [2.05, 4.69) is 10.3 Å². The molecular formula is C26H22N2O7. The van der Waals surface area contributed by atoms with Crippen molar-refractivity contribution in [3.63, 3.8) is 0 Å². The fraction of sp³-hybridized carbons (Fsp3) is 0.115. The summed E-state index contributed by atoms with van der Waals surface area (Å²) in [5, 5.41) is 12.6. The van der Waals surface area contributed by atoms with E-state index < -0.39 is 11.9 Å². The second-order valence-electron chi connectivity index (χ2n) is 7.35. The minimum atomic E-state index is -1.05. The zero-order valence-corrected chi connectivity index (χ0v) is 19.2. The topological polar surface area (TPSA) is 120 Å². The fourth-order valence-corrected chi connectivity index (χ4v) is 3.36. The fourth-order valence-electron chi connectivity index (χ4n) is 3.36. The van der Waals surface area contributed by atoms with Crippen molar-refractivity contribution in [1.82, 2.24) is 0 Å². The number of nitrogens with zero attached hydrogens (tertiary/aromatic N) is 1. The number of amides is 1. The summed E-state index contributed by atoms with van der Waals surface area (Å²) in [5.41, 5.74) is 1.64. The van der Waals surface area contributed by atoms with Gasteiger partial charge >= 0.3 is 5.97 Å². The lowest BCUT2D eigenvalue weighted by Gasteiger charge is -2.12. The predicted molar refractivity (Wildman–Crippen MR) is 129 cm³/mol. The van der Waals surface area contributed by atoms with Gasteiger partial charge in [0, 0.05) is 17.5 Å². The van der Waals surface area contributed by atoms with Crippen molar-refractivity contribution in [1.29, 1.82) is 0 Å². The van der Waals surface area contributed by atoms with Gasteiger partial charge < -0.3 is 29.1 Å². The smallest absolute Gasteiger partial charge is 0.335 e. The molecule has 35 heavy (non-hydrogen) atoms. The number of nitrogens with one attached hydrogen (secondary N) is 1. The van der Waals surface area contributed by atoms with Crippen LogP contribution < -0.4 is 25.1 Å². The average Bonchev–Trinajstić information content (AvgIpc) is 2.88. The molecule has 9 nitrogen and oxygen atoms in total. The van der Waals surface area contributed by atoms with Crippen molar-refractivity contribution in [3.05, 3.63) is 83.4 Å². The molecule has 0 spiro atoms. The number of hydrogen-bond donors (Lipinski definition) is 2. The van der Waals surface area contributed by atoms with Gasteiger partial charge in [0.15, 0.2) is 0 Å². The van der Waals surface area contributed by atoms with Crippen molar-refractivity contribution >= 4 is 34.2 Å². The van der Waals surface area contributed by atoms with Crippen LogP contribution in [0.5, 0.6) is 17.2 Å². The number of methoxy groups -OCH3 is 3. The zero-order chi connectivity index (χ0) is 24.9. The first-order valence-corrected chi connectivity index (χ1v) is 10.4. The molecule has 1 amide bonds. The maximum Gasteiger partial charge on any atom is 0.335 e. The molecule has 0 aliphatic rings. The number of ether oxygens (including phenoxy) is 3. The van der Waals surface area contributed by atoms with E-state index in [1.165, 1.54) is 38.5 Å². The Hall–Kier alpha value is -4.79. The lowest BCUT2D eigenvalue weighted by atomic mass is 10.1.